The first-order valence-corrected chi connectivity index (χ1v) is 25.8. The van der Waals surface area contributed by atoms with Crippen LogP contribution in [-0.4, -0.2) is 37.2 Å². The Kier molecular flexibility index (Phi) is 47.4. The number of hydrogen-bond acceptors (Lipinski definition) is 6. The summed E-state index contributed by atoms with van der Waals surface area (Å²) < 4.78 is 16.8. The average molecular weight is 853 g/mol. The monoisotopic (exact) mass is 853 g/mol. The molecule has 0 N–H and O–H groups in total. The number of allylic oxidation sites excluding steroid dienone is 10. The number of unbranched alkanes of at least 4 members (excludes halogenated alkanes) is 25. The lowest BCUT2D eigenvalue weighted by molar-refractivity contribution is -0.167. The lowest BCUT2D eigenvalue weighted by Crippen LogP contribution is -2.30. The Hall–Kier alpha value is -2.89. The fraction of sp³-hybridized carbons (Fsp3) is 0.764. The molecular formula is C55H96O6. The van der Waals surface area contributed by atoms with Crippen LogP contribution in [0.1, 0.15) is 252 Å². The van der Waals surface area contributed by atoms with E-state index in [-0.39, 0.29) is 31.1 Å². The van der Waals surface area contributed by atoms with Gasteiger partial charge in [-0.2, -0.15) is 0 Å². The Balaban J connectivity index is 4.43. The predicted octanol–water partition coefficient (Wildman–Crippen LogP) is 16.9. The van der Waals surface area contributed by atoms with Crippen LogP contribution in [0.2, 0.25) is 0 Å². The van der Waals surface area contributed by atoms with Crippen molar-refractivity contribution in [3.8, 4) is 0 Å². The highest BCUT2D eigenvalue weighted by atomic mass is 16.6. The molecule has 0 spiro atoms. The molecule has 0 saturated carbocycles. The van der Waals surface area contributed by atoms with Gasteiger partial charge in [0.2, 0.25) is 0 Å². The van der Waals surface area contributed by atoms with Crippen molar-refractivity contribution in [1.29, 1.82) is 0 Å². The van der Waals surface area contributed by atoms with Gasteiger partial charge in [-0.1, -0.05) is 191 Å². The van der Waals surface area contributed by atoms with Gasteiger partial charge in [-0.25, -0.2) is 0 Å². The lowest BCUT2D eigenvalue weighted by Gasteiger charge is -2.18. The lowest BCUT2D eigenvalue weighted by atomic mass is 10.1. The molecule has 0 aliphatic carbocycles. The Labute approximate surface area is 377 Å². The zero-order valence-corrected chi connectivity index (χ0v) is 40.2. The van der Waals surface area contributed by atoms with Crippen molar-refractivity contribution in [3.05, 3.63) is 60.8 Å². The maximum Gasteiger partial charge on any atom is 0.306 e. The summed E-state index contributed by atoms with van der Waals surface area (Å²) in [5.41, 5.74) is 0. The van der Waals surface area contributed by atoms with E-state index >= 15 is 0 Å². The summed E-state index contributed by atoms with van der Waals surface area (Å²) in [7, 11) is 0. The van der Waals surface area contributed by atoms with E-state index in [4.69, 9.17) is 14.2 Å². The topological polar surface area (TPSA) is 78.9 Å². The van der Waals surface area contributed by atoms with Gasteiger partial charge in [0.25, 0.3) is 0 Å². The fourth-order valence-electron chi connectivity index (χ4n) is 7.09. The Morgan fingerprint density at radius 2 is 0.639 bits per heavy atom. The molecule has 1 atom stereocenters. The third-order valence-electron chi connectivity index (χ3n) is 11.0. The van der Waals surface area contributed by atoms with Crippen molar-refractivity contribution in [2.24, 2.45) is 0 Å². The van der Waals surface area contributed by atoms with E-state index in [2.05, 4.69) is 81.5 Å². The van der Waals surface area contributed by atoms with Gasteiger partial charge in [0.15, 0.2) is 6.10 Å². The van der Waals surface area contributed by atoms with Crippen LogP contribution in [0.4, 0.5) is 0 Å². The number of rotatable bonds is 46. The Morgan fingerprint density at radius 3 is 1.03 bits per heavy atom. The first-order chi connectivity index (χ1) is 30.0. The van der Waals surface area contributed by atoms with Crippen LogP contribution in [-0.2, 0) is 28.6 Å². The average Bonchev–Trinajstić information content (AvgIpc) is 3.26. The van der Waals surface area contributed by atoms with Crippen LogP contribution in [0.3, 0.4) is 0 Å². The number of ether oxygens (including phenoxy) is 3. The molecule has 0 bridgehead atoms. The van der Waals surface area contributed by atoms with E-state index < -0.39 is 6.10 Å². The smallest absolute Gasteiger partial charge is 0.306 e. The van der Waals surface area contributed by atoms with Crippen molar-refractivity contribution in [2.75, 3.05) is 13.2 Å². The highest BCUT2D eigenvalue weighted by Gasteiger charge is 2.19. The van der Waals surface area contributed by atoms with Gasteiger partial charge in [-0.3, -0.25) is 14.4 Å². The first kappa shape index (κ1) is 58.1. The molecule has 6 nitrogen and oxygen atoms in total. The second-order valence-corrected chi connectivity index (χ2v) is 17.0. The number of esters is 3. The van der Waals surface area contributed by atoms with Crippen LogP contribution in [0.5, 0.6) is 0 Å². The molecule has 352 valence electrons. The third-order valence-corrected chi connectivity index (χ3v) is 11.0. The number of carbonyl (C=O) groups is 3. The van der Waals surface area contributed by atoms with Crippen molar-refractivity contribution in [2.45, 2.75) is 258 Å². The second kappa shape index (κ2) is 49.8. The molecule has 0 aromatic carbocycles. The summed E-state index contributed by atoms with van der Waals surface area (Å²) in [4.78, 5) is 37.9. The molecule has 0 amide bonds. The molecule has 0 saturated heterocycles. The standard InChI is InChI=1S/C55H96O6/c1-4-7-10-13-16-19-22-25-27-28-31-33-36-39-42-45-48-54(57)60-51-52(50-59-53(56)47-44-41-38-35-32-29-24-21-18-15-12-9-6-3)61-55(58)49-46-43-40-37-34-30-26-23-20-17-14-11-8-5-2/h7,10,16,19,25,27,29-30,32,34,52H,4-6,8-9,11-15,17-18,20-24,26,28,31,33,35-51H2,1-3H3/b10-7-,19-16-,27-25-,32-29-,34-30-. The van der Waals surface area contributed by atoms with Crippen molar-refractivity contribution < 1.29 is 28.6 Å². The summed E-state index contributed by atoms with van der Waals surface area (Å²) >= 11 is 0. The Bertz CT molecular complexity index is 1120. The summed E-state index contributed by atoms with van der Waals surface area (Å²) in [6, 6.07) is 0. The van der Waals surface area contributed by atoms with Crippen molar-refractivity contribution in [1.82, 2.24) is 0 Å². The minimum atomic E-state index is -0.792. The quantitative estimate of drug-likeness (QED) is 0.0263. The van der Waals surface area contributed by atoms with Crippen LogP contribution >= 0.6 is 0 Å². The zero-order chi connectivity index (χ0) is 44.4. The van der Waals surface area contributed by atoms with Gasteiger partial charge < -0.3 is 14.2 Å². The normalized spacial score (nSPS) is 12.5. The van der Waals surface area contributed by atoms with Crippen molar-refractivity contribution in [3.63, 3.8) is 0 Å². The molecule has 1 unspecified atom stereocenters. The molecule has 0 aromatic rings. The Morgan fingerprint density at radius 1 is 0.344 bits per heavy atom. The minimum absolute atomic E-state index is 0.0916. The summed E-state index contributed by atoms with van der Waals surface area (Å²) in [5, 5.41) is 0. The van der Waals surface area contributed by atoms with Gasteiger partial charge in [-0.05, 0) is 103 Å². The van der Waals surface area contributed by atoms with Gasteiger partial charge >= 0.3 is 17.9 Å². The fourth-order valence-corrected chi connectivity index (χ4v) is 7.09. The molecule has 0 aromatic heterocycles. The minimum Gasteiger partial charge on any atom is -0.462 e. The SMILES string of the molecule is CC/C=C\C/C=C\C/C=C\CCCCCCCCC(=O)OCC(COC(=O)CCCCC/C=C\CCCCCCCC)OC(=O)CCCCC/C=C\CCCCCCCCC. The van der Waals surface area contributed by atoms with Gasteiger partial charge in [0.1, 0.15) is 13.2 Å². The maximum atomic E-state index is 12.8. The van der Waals surface area contributed by atoms with Gasteiger partial charge in [-0.15, -0.1) is 0 Å². The highest BCUT2D eigenvalue weighted by molar-refractivity contribution is 5.71. The van der Waals surface area contributed by atoms with Gasteiger partial charge in [0.05, 0.1) is 0 Å². The van der Waals surface area contributed by atoms with Crippen LogP contribution in [0.25, 0.3) is 0 Å². The molecule has 0 rings (SSSR count). The number of hydrogen-bond donors (Lipinski definition) is 0. The third kappa shape index (κ3) is 48.0. The molecule has 61 heavy (non-hydrogen) atoms. The maximum absolute atomic E-state index is 12.8. The highest BCUT2D eigenvalue weighted by Crippen LogP contribution is 2.14. The number of carbonyl (C=O) groups excluding carboxylic acids is 3. The van der Waals surface area contributed by atoms with E-state index in [9.17, 15) is 14.4 Å². The molecule has 0 radical (unpaired) electrons. The molecule has 0 heterocycles. The molecule has 0 fully saturated rings. The summed E-state index contributed by atoms with van der Waals surface area (Å²) in [6.45, 7) is 6.48. The predicted molar refractivity (Wildman–Crippen MR) is 261 cm³/mol. The summed E-state index contributed by atoms with van der Waals surface area (Å²) in [6.07, 6.45) is 60.6. The zero-order valence-electron chi connectivity index (χ0n) is 40.2. The largest absolute Gasteiger partial charge is 0.462 e. The van der Waals surface area contributed by atoms with E-state index in [1.807, 2.05) is 0 Å². The molecular weight excluding hydrogens is 757 g/mol. The molecule has 0 aliphatic rings. The summed E-state index contributed by atoms with van der Waals surface area (Å²) in [5.74, 6) is -0.932. The first-order valence-electron chi connectivity index (χ1n) is 25.8. The van der Waals surface area contributed by atoms with E-state index in [0.717, 1.165) is 109 Å². The van der Waals surface area contributed by atoms with E-state index in [1.54, 1.807) is 0 Å². The second-order valence-electron chi connectivity index (χ2n) is 17.0. The molecule has 0 aliphatic heterocycles. The van der Waals surface area contributed by atoms with Crippen molar-refractivity contribution >= 4 is 17.9 Å². The van der Waals surface area contributed by atoms with Crippen LogP contribution in [0, 0.1) is 0 Å². The molecule has 6 heteroatoms. The van der Waals surface area contributed by atoms with E-state index in [0.29, 0.717) is 19.3 Å². The van der Waals surface area contributed by atoms with Crippen LogP contribution < -0.4 is 0 Å². The van der Waals surface area contributed by atoms with Crippen LogP contribution in [0.15, 0.2) is 60.8 Å². The van der Waals surface area contributed by atoms with E-state index in [1.165, 1.54) is 103 Å². The van der Waals surface area contributed by atoms with Gasteiger partial charge in [0, 0.05) is 19.3 Å².